The molecule has 0 unspecified atom stereocenters. The van der Waals surface area contributed by atoms with Gasteiger partial charge < -0.3 is 10.6 Å². The standard InChI is InChI=1S/C15H13N5O/c16-5-10-8-20(9-10)15(21)12-3-1-11(2-4-12)13-6-18-7-14(17)19-13/h1-4,6-7,10H,8-9H2,(H2,17,19). The van der Waals surface area contributed by atoms with Gasteiger partial charge in [-0.2, -0.15) is 5.26 Å². The van der Waals surface area contributed by atoms with Crippen molar-refractivity contribution in [1.29, 1.82) is 5.26 Å². The van der Waals surface area contributed by atoms with Crippen molar-refractivity contribution in [3.63, 3.8) is 0 Å². The molecule has 2 aromatic rings. The van der Waals surface area contributed by atoms with Gasteiger partial charge in [-0.25, -0.2) is 4.98 Å². The molecule has 1 amide bonds. The third-order valence-electron chi connectivity index (χ3n) is 3.43. The zero-order valence-electron chi connectivity index (χ0n) is 11.2. The number of amides is 1. The van der Waals surface area contributed by atoms with Gasteiger partial charge in [0.25, 0.3) is 5.91 Å². The number of nitrogen functional groups attached to an aromatic ring is 1. The van der Waals surface area contributed by atoms with Crippen LogP contribution in [-0.4, -0.2) is 33.9 Å². The van der Waals surface area contributed by atoms with Gasteiger partial charge in [-0.05, 0) is 12.1 Å². The summed E-state index contributed by atoms with van der Waals surface area (Å²) in [6.45, 7) is 1.02. The molecule has 6 nitrogen and oxygen atoms in total. The molecule has 1 saturated heterocycles. The van der Waals surface area contributed by atoms with Crippen molar-refractivity contribution in [2.45, 2.75) is 0 Å². The number of benzene rings is 1. The first kappa shape index (κ1) is 13.1. The van der Waals surface area contributed by atoms with Crippen LogP contribution in [0.2, 0.25) is 0 Å². The Bertz CT molecular complexity index is 714. The lowest BCUT2D eigenvalue weighted by Gasteiger charge is -2.35. The second kappa shape index (κ2) is 5.21. The molecule has 21 heavy (non-hydrogen) atoms. The molecule has 1 aromatic heterocycles. The van der Waals surface area contributed by atoms with Crippen molar-refractivity contribution < 1.29 is 4.79 Å². The molecule has 0 spiro atoms. The van der Waals surface area contributed by atoms with Gasteiger partial charge in [0, 0.05) is 24.2 Å². The van der Waals surface area contributed by atoms with Gasteiger partial charge in [0.05, 0.1) is 30.1 Å². The molecule has 104 valence electrons. The highest BCUT2D eigenvalue weighted by atomic mass is 16.2. The molecular weight excluding hydrogens is 266 g/mol. The minimum Gasteiger partial charge on any atom is -0.382 e. The van der Waals surface area contributed by atoms with Gasteiger partial charge in [0.2, 0.25) is 0 Å². The molecule has 1 aliphatic rings. The van der Waals surface area contributed by atoms with Crippen LogP contribution < -0.4 is 5.73 Å². The number of anilines is 1. The monoisotopic (exact) mass is 279 g/mol. The Morgan fingerprint density at radius 2 is 2.00 bits per heavy atom. The van der Waals surface area contributed by atoms with Gasteiger partial charge in [-0.1, -0.05) is 12.1 Å². The summed E-state index contributed by atoms with van der Waals surface area (Å²) in [7, 11) is 0. The van der Waals surface area contributed by atoms with E-state index in [-0.39, 0.29) is 11.8 Å². The SMILES string of the molecule is N#CC1CN(C(=O)c2ccc(-c3cncc(N)n3)cc2)C1. The molecule has 0 bridgehead atoms. The number of likely N-dealkylation sites (tertiary alicyclic amines) is 1. The molecule has 1 aromatic carbocycles. The highest BCUT2D eigenvalue weighted by Crippen LogP contribution is 2.21. The van der Waals surface area contributed by atoms with E-state index in [1.807, 2.05) is 12.1 Å². The Morgan fingerprint density at radius 1 is 1.29 bits per heavy atom. The maximum Gasteiger partial charge on any atom is 0.253 e. The van der Waals surface area contributed by atoms with Gasteiger partial charge in [-0.15, -0.1) is 0 Å². The predicted molar refractivity (Wildman–Crippen MR) is 76.9 cm³/mol. The van der Waals surface area contributed by atoms with Gasteiger partial charge >= 0.3 is 0 Å². The summed E-state index contributed by atoms with van der Waals surface area (Å²) < 4.78 is 0. The highest BCUT2D eigenvalue weighted by molar-refractivity contribution is 5.95. The van der Waals surface area contributed by atoms with Gasteiger partial charge in [0.15, 0.2) is 0 Å². The Balaban J connectivity index is 1.76. The number of aromatic nitrogens is 2. The topological polar surface area (TPSA) is 95.9 Å². The van der Waals surface area contributed by atoms with E-state index >= 15 is 0 Å². The van der Waals surface area contributed by atoms with E-state index in [0.29, 0.717) is 30.2 Å². The van der Waals surface area contributed by atoms with Crippen molar-refractivity contribution in [2.75, 3.05) is 18.8 Å². The minimum atomic E-state index is -0.0493. The number of carbonyl (C=O) groups excluding carboxylic acids is 1. The summed E-state index contributed by atoms with van der Waals surface area (Å²) in [6, 6.07) is 9.29. The summed E-state index contributed by atoms with van der Waals surface area (Å²) in [5.41, 5.74) is 7.73. The van der Waals surface area contributed by atoms with Crippen LogP contribution in [0.15, 0.2) is 36.7 Å². The first-order valence-corrected chi connectivity index (χ1v) is 6.54. The summed E-state index contributed by atoms with van der Waals surface area (Å²) in [6.07, 6.45) is 3.11. The van der Waals surface area contributed by atoms with E-state index in [4.69, 9.17) is 11.0 Å². The third-order valence-corrected chi connectivity index (χ3v) is 3.43. The normalized spacial score (nSPS) is 14.3. The molecule has 0 saturated carbocycles. The van der Waals surface area contributed by atoms with Crippen LogP contribution >= 0.6 is 0 Å². The van der Waals surface area contributed by atoms with Crippen molar-refractivity contribution in [2.24, 2.45) is 5.92 Å². The Labute approximate surface area is 121 Å². The van der Waals surface area contributed by atoms with Crippen LogP contribution in [0, 0.1) is 17.2 Å². The number of rotatable bonds is 2. The van der Waals surface area contributed by atoms with E-state index in [2.05, 4.69) is 16.0 Å². The smallest absolute Gasteiger partial charge is 0.253 e. The van der Waals surface area contributed by atoms with E-state index < -0.39 is 0 Å². The third kappa shape index (κ3) is 2.54. The molecule has 1 fully saturated rings. The van der Waals surface area contributed by atoms with E-state index in [1.54, 1.807) is 23.2 Å². The Hall–Kier alpha value is -2.94. The number of nitriles is 1. The van der Waals surface area contributed by atoms with Crippen LogP contribution in [0.3, 0.4) is 0 Å². The zero-order valence-corrected chi connectivity index (χ0v) is 11.2. The molecule has 0 radical (unpaired) electrons. The predicted octanol–water partition coefficient (Wildman–Crippen LogP) is 1.32. The molecule has 6 heteroatoms. The summed E-state index contributed by atoms with van der Waals surface area (Å²) in [4.78, 5) is 22.0. The summed E-state index contributed by atoms with van der Waals surface area (Å²) in [5.74, 6) is 0.276. The summed E-state index contributed by atoms with van der Waals surface area (Å²) in [5, 5.41) is 8.73. The fourth-order valence-electron chi connectivity index (χ4n) is 2.21. The van der Waals surface area contributed by atoms with E-state index in [9.17, 15) is 4.79 Å². The molecule has 1 aliphatic heterocycles. The quantitative estimate of drug-likeness (QED) is 0.894. The van der Waals surface area contributed by atoms with Crippen molar-refractivity contribution >= 4 is 11.7 Å². The van der Waals surface area contributed by atoms with Crippen LogP contribution in [0.4, 0.5) is 5.82 Å². The Kier molecular flexibility index (Phi) is 3.24. The van der Waals surface area contributed by atoms with Crippen LogP contribution in [0.25, 0.3) is 11.3 Å². The highest BCUT2D eigenvalue weighted by Gasteiger charge is 2.30. The largest absolute Gasteiger partial charge is 0.382 e. The first-order chi connectivity index (χ1) is 10.2. The lowest BCUT2D eigenvalue weighted by Crippen LogP contribution is -2.49. The number of hydrogen-bond donors (Lipinski definition) is 1. The molecule has 0 atom stereocenters. The number of nitrogens with zero attached hydrogens (tertiary/aromatic N) is 4. The average Bonchev–Trinajstić information content (AvgIpc) is 2.46. The first-order valence-electron chi connectivity index (χ1n) is 6.54. The van der Waals surface area contributed by atoms with Crippen LogP contribution in [-0.2, 0) is 0 Å². The number of nitrogens with two attached hydrogens (primary N) is 1. The van der Waals surface area contributed by atoms with Crippen LogP contribution in [0.1, 0.15) is 10.4 Å². The Morgan fingerprint density at radius 3 is 2.62 bits per heavy atom. The maximum absolute atomic E-state index is 12.2. The zero-order chi connectivity index (χ0) is 14.8. The second-order valence-electron chi connectivity index (χ2n) is 4.94. The maximum atomic E-state index is 12.2. The number of hydrogen-bond acceptors (Lipinski definition) is 5. The molecule has 2 N–H and O–H groups in total. The summed E-state index contributed by atoms with van der Waals surface area (Å²) >= 11 is 0. The van der Waals surface area contributed by atoms with Crippen molar-refractivity contribution in [1.82, 2.24) is 14.9 Å². The lowest BCUT2D eigenvalue weighted by molar-refractivity contribution is 0.0577. The van der Waals surface area contributed by atoms with Crippen molar-refractivity contribution in [3.8, 4) is 17.3 Å². The second-order valence-corrected chi connectivity index (χ2v) is 4.94. The van der Waals surface area contributed by atoms with Gasteiger partial charge in [0.1, 0.15) is 5.82 Å². The van der Waals surface area contributed by atoms with Gasteiger partial charge in [-0.3, -0.25) is 9.78 Å². The molecular formula is C15H13N5O. The lowest BCUT2D eigenvalue weighted by atomic mass is 10.00. The van der Waals surface area contributed by atoms with E-state index in [1.165, 1.54) is 6.20 Å². The van der Waals surface area contributed by atoms with E-state index in [0.717, 1.165) is 5.56 Å². The average molecular weight is 279 g/mol. The van der Waals surface area contributed by atoms with Crippen LogP contribution in [0.5, 0.6) is 0 Å². The fourth-order valence-corrected chi connectivity index (χ4v) is 2.21. The fraction of sp³-hybridized carbons (Fsp3) is 0.200. The minimum absolute atomic E-state index is 0.0317. The molecule has 3 rings (SSSR count). The van der Waals surface area contributed by atoms with Crippen molar-refractivity contribution in [3.05, 3.63) is 42.2 Å². The number of carbonyl (C=O) groups is 1. The molecule has 0 aliphatic carbocycles. The molecule has 2 heterocycles.